The van der Waals surface area contributed by atoms with Gasteiger partial charge < -0.3 is 5.32 Å². The third-order valence-corrected chi connectivity index (χ3v) is 4.08. The first-order valence-electron chi connectivity index (χ1n) is 6.66. The Hall–Kier alpha value is -0.480. The number of nitrogens with one attached hydrogen (secondary N) is 1. The third-order valence-electron chi connectivity index (χ3n) is 4.08. The lowest BCUT2D eigenvalue weighted by atomic mass is 9.70. The topological polar surface area (TPSA) is 12.0 Å². The van der Waals surface area contributed by atoms with Gasteiger partial charge in [-0.1, -0.05) is 13.8 Å². The zero-order valence-electron chi connectivity index (χ0n) is 11.4. The van der Waals surface area contributed by atoms with Crippen molar-refractivity contribution in [1.29, 1.82) is 0 Å². The van der Waals surface area contributed by atoms with Crippen LogP contribution in [0.1, 0.15) is 59.3 Å². The minimum absolute atomic E-state index is 0.581. The maximum absolute atomic E-state index is 3.49. The van der Waals surface area contributed by atoms with Gasteiger partial charge in [-0.3, -0.25) is 0 Å². The van der Waals surface area contributed by atoms with Crippen molar-refractivity contribution < 1.29 is 0 Å². The van der Waals surface area contributed by atoms with Gasteiger partial charge >= 0.3 is 0 Å². The fourth-order valence-electron chi connectivity index (χ4n) is 2.79. The van der Waals surface area contributed by atoms with Crippen molar-refractivity contribution in [2.24, 2.45) is 11.3 Å². The second kappa shape index (κ2) is 6.30. The van der Waals surface area contributed by atoms with E-state index in [-0.39, 0.29) is 0 Å². The molecule has 1 saturated carbocycles. The van der Waals surface area contributed by atoms with Crippen molar-refractivity contribution >= 4 is 0 Å². The summed E-state index contributed by atoms with van der Waals surface area (Å²) in [5, 5.41) is 3.49. The average Bonchev–Trinajstić information content (AvgIpc) is 2.25. The van der Waals surface area contributed by atoms with Crippen LogP contribution in [0.25, 0.3) is 0 Å². The third kappa shape index (κ3) is 4.18. The van der Waals surface area contributed by atoms with Gasteiger partial charge in [0.25, 0.3) is 0 Å². The van der Waals surface area contributed by atoms with Gasteiger partial charge in [0, 0.05) is 12.5 Å². The first-order chi connectivity index (χ1) is 7.59. The van der Waals surface area contributed by atoms with E-state index in [1.807, 2.05) is 6.92 Å². The van der Waals surface area contributed by atoms with E-state index in [0.717, 1.165) is 12.3 Å². The smallest absolute Gasteiger partial charge is 0.0103 e. The van der Waals surface area contributed by atoms with E-state index in [9.17, 15) is 0 Å². The average molecular weight is 221 g/mol. The highest BCUT2D eigenvalue weighted by Crippen LogP contribution is 2.39. The molecule has 0 aromatic heterocycles. The monoisotopic (exact) mass is 221 g/mol. The van der Waals surface area contributed by atoms with Crippen molar-refractivity contribution in [3.8, 4) is 11.8 Å². The van der Waals surface area contributed by atoms with Crippen LogP contribution in [0.15, 0.2) is 0 Å². The summed E-state index contributed by atoms with van der Waals surface area (Å²) in [6, 6.07) is 0.678. The second-order valence-electron chi connectivity index (χ2n) is 5.86. The summed E-state index contributed by atoms with van der Waals surface area (Å²) < 4.78 is 0. The molecule has 0 aromatic rings. The lowest BCUT2D eigenvalue weighted by Crippen LogP contribution is -2.37. The molecule has 1 rings (SSSR count). The van der Waals surface area contributed by atoms with Crippen LogP contribution in [-0.2, 0) is 0 Å². The highest BCUT2D eigenvalue weighted by molar-refractivity contribution is 4.96. The number of hydrogen-bond acceptors (Lipinski definition) is 1. The quantitative estimate of drug-likeness (QED) is 0.715. The Balaban J connectivity index is 2.38. The Labute approximate surface area is 101 Å². The molecule has 16 heavy (non-hydrogen) atoms. The van der Waals surface area contributed by atoms with Gasteiger partial charge in [-0.15, -0.1) is 11.8 Å². The Morgan fingerprint density at radius 2 is 1.94 bits per heavy atom. The van der Waals surface area contributed by atoms with Gasteiger partial charge in [-0.25, -0.2) is 0 Å². The summed E-state index contributed by atoms with van der Waals surface area (Å²) in [4.78, 5) is 0. The normalized spacial score (nSPS) is 22.2. The first-order valence-corrected chi connectivity index (χ1v) is 6.66. The summed E-state index contributed by atoms with van der Waals surface area (Å²) in [5.41, 5.74) is 0.581. The van der Waals surface area contributed by atoms with Crippen molar-refractivity contribution in [2.45, 2.75) is 65.3 Å². The van der Waals surface area contributed by atoms with Crippen LogP contribution < -0.4 is 5.32 Å². The molecule has 0 amide bonds. The highest BCUT2D eigenvalue weighted by atomic mass is 14.9. The zero-order chi connectivity index (χ0) is 12.0. The van der Waals surface area contributed by atoms with Crippen LogP contribution in [0.5, 0.6) is 0 Å². The molecule has 0 heterocycles. The minimum atomic E-state index is 0.581. The molecule has 1 unspecified atom stereocenters. The highest BCUT2D eigenvalue weighted by Gasteiger charge is 2.30. The molecule has 1 fully saturated rings. The zero-order valence-corrected chi connectivity index (χ0v) is 11.4. The standard InChI is InChI=1S/C15H27N/c1-5-6-7-8-14(16-4)13-9-11-15(2,3)12-10-13/h13-14,16H,7-12H2,1-4H3. The Morgan fingerprint density at radius 3 is 2.44 bits per heavy atom. The maximum Gasteiger partial charge on any atom is 0.0103 e. The number of hydrogen-bond donors (Lipinski definition) is 1. The second-order valence-corrected chi connectivity index (χ2v) is 5.86. The van der Waals surface area contributed by atoms with E-state index >= 15 is 0 Å². The van der Waals surface area contributed by atoms with Crippen molar-refractivity contribution in [3.05, 3.63) is 0 Å². The van der Waals surface area contributed by atoms with E-state index < -0.39 is 0 Å². The summed E-state index contributed by atoms with van der Waals surface area (Å²) in [5.74, 6) is 7.04. The van der Waals surface area contributed by atoms with E-state index in [4.69, 9.17) is 0 Å². The van der Waals surface area contributed by atoms with Gasteiger partial charge in [0.15, 0.2) is 0 Å². The van der Waals surface area contributed by atoms with Crippen LogP contribution in [0.3, 0.4) is 0 Å². The lowest BCUT2D eigenvalue weighted by Gasteiger charge is -2.37. The lowest BCUT2D eigenvalue weighted by molar-refractivity contribution is 0.161. The predicted molar refractivity (Wildman–Crippen MR) is 71.3 cm³/mol. The Bertz CT molecular complexity index is 246. The Kier molecular flexibility index (Phi) is 5.35. The van der Waals surface area contributed by atoms with E-state index in [2.05, 4.69) is 38.1 Å². The first kappa shape index (κ1) is 13.6. The molecule has 0 bridgehead atoms. The molecule has 0 aliphatic heterocycles. The van der Waals surface area contributed by atoms with Crippen LogP contribution in [0.2, 0.25) is 0 Å². The van der Waals surface area contributed by atoms with Gasteiger partial charge in [0.05, 0.1) is 0 Å². The summed E-state index contributed by atoms with van der Waals surface area (Å²) in [7, 11) is 2.10. The molecule has 1 N–H and O–H groups in total. The summed E-state index contributed by atoms with van der Waals surface area (Å²) in [6.45, 7) is 6.73. The molecule has 1 atom stereocenters. The van der Waals surface area contributed by atoms with Crippen LogP contribution in [0.4, 0.5) is 0 Å². The fourth-order valence-corrected chi connectivity index (χ4v) is 2.79. The van der Waals surface area contributed by atoms with E-state index in [0.29, 0.717) is 11.5 Å². The molecule has 92 valence electrons. The van der Waals surface area contributed by atoms with Gasteiger partial charge in [0.1, 0.15) is 0 Å². The molecular weight excluding hydrogens is 194 g/mol. The molecular formula is C15H27N. The van der Waals surface area contributed by atoms with Crippen molar-refractivity contribution in [3.63, 3.8) is 0 Å². The van der Waals surface area contributed by atoms with E-state index in [1.165, 1.54) is 32.1 Å². The minimum Gasteiger partial charge on any atom is -0.317 e. The summed E-state index contributed by atoms with van der Waals surface area (Å²) >= 11 is 0. The summed E-state index contributed by atoms with van der Waals surface area (Å²) in [6.07, 6.45) is 7.80. The molecule has 0 aromatic carbocycles. The van der Waals surface area contributed by atoms with E-state index in [1.54, 1.807) is 0 Å². The molecule has 1 heteroatoms. The van der Waals surface area contributed by atoms with Crippen molar-refractivity contribution in [1.82, 2.24) is 5.32 Å². The largest absolute Gasteiger partial charge is 0.317 e. The molecule has 0 radical (unpaired) electrons. The SMILES string of the molecule is CC#CCCC(NC)C1CCC(C)(C)CC1. The molecule has 0 spiro atoms. The molecule has 1 aliphatic rings. The predicted octanol–water partition coefficient (Wildman–Crippen LogP) is 3.59. The van der Waals surface area contributed by atoms with Gasteiger partial charge in [-0.05, 0) is 57.4 Å². The fraction of sp³-hybridized carbons (Fsp3) is 0.867. The van der Waals surface area contributed by atoms with Crippen LogP contribution >= 0.6 is 0 Å². The van der Waals surface area contributed by atoms with Gasteiger partial charge in [-0.2, -0.15) is 0 Å². The maximum atomic E-state index is 3.49. The molecule has 1 aliphatic carbocycles. The molecule has 0 saturated heterocycles. The number of rotatable bonds is 4. The van der Waals surface area contributed by atoms with Gasteiger partial charge in [0.2, 0.25) is 0 Å². The molecule has 1 nitrogen and oxygen atoms in total. The van der Waals surface area contributed by atoms with Crippen LogP contribution in [0, 0.1) is 23.2 Å². The van der Waals surface area contributed by atoms with Crippen LogP contribution in [-0.4, -0.2) is 13.1 Å². The Morgan fingerprint density at radius 1 is 1.31 bits per heavy atom. The van der Waals surface area contributed by atoms with Crippen molar-refractivity contribution in [2.75, 3.05) is 7.05 Å².